The summed E-state index contributed by atoms with van der Waals surface area (Å²) in [7, 11) is 0. The molecule has 1 N–H and O–H groups in total. The number of β-amino-alcohol motifs (C(OH)–C–C–N with tert-alkyl or cyclic N) is 1. The van der Waals surface area contributed by atoms with Crippen molar-refractivity contribution in [1.29, 1.82) is 0 Å². The molecule has 1 saturated carbocycles. The fourth-order valence-corrected chi connectivity index (χ4v) is 3.53. The van der Waals surface area contributed by atoms with Gasteiger partial charge in [-0.3, -0.25) is 9.80 Å². The molecule has 0 spiro atoms. The van der Waals surface area contributed by atoms with Crippen molar-refractivity contribution in [3.8, 4) is 0 Å². The topological polar surface area (TPSA) is 35.9 Å². The minimum absolute atomic E-state index is 0.254. The highest BCUT2D eigenvalue weighted by Crippen LogP contribution is 2.26. The van der Waals surface area contributed by atoms with Crippen molar-refractivity contribution in [2.45, 2.75) is 77.4 Å². The van der Waals surface area contributed by atoms with Crippen molar-refractivity contribution in [1.82, 2.24) is 9.80 Å². The second-order valence-electron chi connectivity index (χ2n) is 7.00. The Labute approximate surface area is 124 Å². The minimum atomic E-state index is -0.254. The molecule has 4 heteroatoms. The lowest BCUT2D eigenvalue weighted by molar-refractivity contribution is -0.0800. The van der Waals surface area contributed by atoms with Crippen molar-refractivity contribution in [3.05, 3.63) is 0 Å². The predicted octanol–water partition coefficient (Wildman–Crippen LogP) is 1.72. The second-order valence-corrected chi connectivity index (χ2v) is 7.00. The summed E-state index contributed by atoms with van der Waals surface area (Å²) in [6.45, 7) is 12.2. The van der Waals surface area contributed by atoms with Gasteiger partial charge in [-0.05, 0) is 40.5 Å². The monoisotopic (exact) mass is 284 g/mol. The number of ether oxygens (including phenoxy) is 1. The van der Waals surface area contributed by atoms with Crippen LogP contribution >= 0.6 is 0 Å². The smallest absolute Gasteiger partial charge is 0.0794 e. The molecule has 1 aliphatic carbocycles. The zero-order chi connectivity index (χ0) is 14.7. The molecule has 2 rings (SSSR count). The van der Waals surface area contributed by atoms with E-state index < -0.39 is 0 Å². The molecule has 4 nitrogen and oxygen atoms in total. The average molecular weight is 284 g/mol. The molecule has 0 radical (unpaired) electrons. The van der Waals surface area contributed by atoms with Gasteiger partial charge in [0.05, 0.1) is 18.3 Å². The predicted molar refractivity (Wildman–Crippen MR) is 81.9 cm³/mol. The summed E-state index contributed by atoms with van der Waals surface area (Å²) < 4.78 is 5.75. The van der Waals surface area contributed by atoms with Crippen LogP contribution < -0.4 is 0 Å². The summed E-state index contributed by atoms with van der Waals surface area (Å²) >= 11 is 0. The van der Waals surface area contributed by atoms with Crippen LogP contribution in [0.3, 0.4) is 0 Å². The van der Waals surface area contributed by atoms with E-state index >= 15 is 0 Å². The molecule has 1 heterocycles. The Bertz CT molecular complexity index is 284. The van der Waals surface area contributed by atoms with Crippen LogP contribution in [0.2, 0.25) is 0 Å². The summed E-state index contributed by atoms with van der Waals surface area (Å²) in [6.07, 6.45) is 4.25. The Hall–Kier alpha value is -0.160. The first kappa shape index (κ1) is 16.2. The molecule has 1 saturated heterocycles. The van der Waals surface area contributed by atoms with E-state index in [1.54, 1.807) is 0 Å². The van der Waals surface area contributed by atoms with Crippen molar-refractivity contribution in [3.63, 3.8) is 0 Å². The molecule has 2 fully saturated rings. The average Bonchev–Trinajstić information content (AvgIpc) is 2.23. The van der Waals surface area contributed by atoms with Crippen LogP contribution in [-0.4, -0.2) is 71.5 Å². The number of hydrogen-bond acceptors (Lipinski definition) is 4. The lowest BCUT2D eigenvalue weighted by Crippen LogP contribution is -2.52. The quantitative estimate of drug-likeness (QED) is 0.806. The number of hydrogen-bond donors (Lipinski definition) is 1. The van der Waals surface area contributed by atoms with Gasteiger partial charge in [-0.1, -0.05) is 6.42 Å². The molecular weight excluding hydrogens is 252 g/mol. The van der Waals surface area contributed by atoms with Crippen LogP contribution in [0.4, 0.5) is 0 Å². The molecule has 0 aromatic carbocycles. The molecule has 0 aromatic rings. The van der Waals surface area contributed by atoms with Gasteiger partial charge in [-0.2, -0.15) is 0 Å². The van der Waals surface area contributed by atoms with E-state index in [1.165, 1.54) is 19.3 Å². The van der Waals surface area contributed by atoms with Gasteiger partial charge in [0.25, 0.3) is 0 Å². The second kappa shape index (κ2) is 7.21. The Kier molecular flexibility index (Phi) is 5.84. The van der Waals surface area contributed by atoms with Gasteiger partial charge in [0.1, 0.15) is 0 Å². The maximum atomic E-state index is 10.4. The number of aliphatic hydroxyl groups is 1. The fourth-order valence-electron chi connectivity index (χ4n) is 3.53. The van der Waals surface area contributed by atoms with Crippen LogP contribution in [0, 0.1) is 0 Å². The maximum absolute atomic E-state index is 10.4. The number of rotatable bonds is 6. The third-order valence-electron chi connectivity index (χ3n) is 4.59. The minimum Gasteiger partial charge on any atom is -0.390 e. The zero-order valence-corrected chi connectivity index (χ0v) is 13.6. The van der Waals surface area contributed by atoms with Gasteiger partial charge >= 0.3 is 0 Å². The highest BCUT2D eigenvalue weighted by molar-refractivity contribution is 4.85. The summed E-state index contributed by atoms with van der Waals surface area (Å²) in [5.74, 6) is 0. The molecule has 1 aliphatic heterocycles. The van der Waals surface area contributed by atoms with E-state index in [2.05, 4.69) is 37.5 Å². The van der Waals surface area contributed by atoms with Gasteiger partial charge in [-0.15, -0.1) is 0 Å². The first-order valence-electron chi connectivity index (χ1n) is 8.27. The lowest BCUT2D eigenvalue weighted by Gasteiger charge is -2.42. The standard InChI is InChI=1S/C16H32N2O2/c1-12(2)18(15-6-5-7-15)11-16(19)10-17-8-13(3)20-14(4)9-17/h12-16,19H,5-11H2,1-4H3. The van der Waals surface area contributed by atoms with E-state index in [9.17, 15) is 5.11 Å². The Morgan fingerprint density at radius 3 is 2.25 bits per heavy atom. The summed E-state index contributed by atoms with van der Waals surface area (Å²) in [5.41, 5.74) is 0. The molecule has 0 amide bonds. The molecule has 118 valence electrons. The highest BCUT2D eigenvalue weighted by atomic mass is 16.5. The normalized spacial score (nSPS) is 30.8. The first-order valence-corrected chi connectivity index (χ1v) is 8.27. The van der Waals surface area contributed by atoms with E-state index in [0.29, 0.717) is 12.1 Å². The van der Waals surface area contributed by atoms with E-state index in [1.807, 2.05) is 0 Å². The number of aliphatic hydroxyl groups excluding tert-OH is 1. The van der Waals surface area contributed by atoms with Crippen molar-refractivity contribution in [2.75, 3.05) is 26.2 Å². The van der Waals surface area contributed by atoms with Crippen molar-refractivity contribution >= 4 is 0 Å². The molecular formula is C16H32N2O2. The first-order chi connectivity index (χ1) is 9.45. The van der Waals surface area contributed by atoms with Crippen LogP contribution in [0.15, 0.2) is 0 Å². The van der Waals surface area contributed by atoms with E-state index in [4.69, 9.17) is 4.74 Å². The van der Waals surface area contributed by atoms with Crippen LogP contribution in [-0.2, 0) is 4.74 Å². The Balaban J connectivity index is 1.79. The van der Waals surface area contributed by atoms with Crippen LogP contribution in [0.5, 0.6) is 0 Å². The summed E-state index contributed by atoms with van der Waals surface area (Å²) in [6, 6.07) is 1.23. The third kappa shape index (κ3) is 4.42. The summed E-state index contributed by atoms with van der Waals surface area (Å²) in [4.78, 5) is 4.84. The molecule has 0 bridgehead atoms. The molecule has 20 heavy (non-hydrogen) atoms. The lowest BCUT2D eigenvalue weighted by atomic mass is 9.90. The Morgan fingerprint density at radius 2 is 1.80 bits per heavy atom. The van der Waals surface area contributed by atoms with Crippen molar-refractivity contribution in [2.24, 2.45) is 0 Å². The van der Waals surface area contributed by atoms with Gasteiger partial charge in [0.2, 0.25) is 0 Å². The molecule has 3 atom stereocenters. The van der Waals surface area contributed by atoms with Gasteiger partial charge < -0.3 is 9.84 Å². The maximum Gasteiger partial charge on any atom is 0.0794 e. The molecule has 2 aliphatic rings. The van der Waals surface area contributed by atoms with Crippen molar-refractivity contribution < 1.29 is 9.84 Å². The number of morpholine rings is 1. The molecule has 3 unspecified atom stereocenters. The SMILES string of the molecule is CC1CN(CC(O)CN(C(C)C)C2CCC2)CC(C)O1. The van der Waals surface area contributed by atoms with Gasteiger partial charge in [0.15, 0.2) is 0 Å². The highest BCUT2D eigenvalue weighted by Gasteiger charge is 2.30. The van der Waals surface area contributed by atoms with E-state index in [-0.39, 0.29) is 18.3 Å². The fraction of sp³-hybridized carbons (Fsp3) is 1.00. The van der Waals surface area contributed by atoms with Gasteiger partial charge in [-0.25, -0.2) is 0 Å². The Morgan fingerprint density at radius 1 is 1.20 bits per heavy atom. The van der Waals surface area contributed by atoms with Gasteiger partial charge in [0, 0.05) is 38.3 Å². The largest absolute Gasteiger partial charge is 0.390 e. The number of nitrogens with zero attached hydrogens (tertiary/aromatic N) is 2. The zero-order valence-electron chi connectivity index (χ0n) is 13.6. The van der Waals surface area contributed by atoms with Crippen LogP contribution in [0.1, 0.15) is 47.0 Å². The van der Waals surface area contributed by atoms with Crippen LogP contribution in [0.25, 0.3) is 0 Å². The molecule has 0 aromatic heterocycles. The van der Waals surface area contributed by atoms with E-state index in [0.717, 1.165) is 26.2 Å². The third-order valence-corrected chi connectivity index (χ3v) is 4.59. The summed E-state index contributed by atoms with van der Waals surface area (Å²) in [5, 5.41) is 10.4.